The highest BCUT2D eigenvalue weighted by Crippen LogP contribution is 2.15. The van der Waals surface area contributed by atoms with Crippen LogP contribution in [0.25, 0.3) is 0 Å². The zero-order valence-corrected chi connectivity index (χ0v) is 16.8. The molecule has 1 aliphatic heterocycles. The number of carbonyl (C=O) groups excluding carboxylic acids is 3. The molecule has 2 heterocycles. The maximum Gasteiger partial charge on any atom is 0.291 e. The van der Waals surface area contributed by atoms with Crippen LogP contribution < -0.4 is 5.32 Å². The molecule has 0 atom stereocenters. The second-order valence-corrected chi connectivity index (χ2v) is 7.22. The third-order valence-corrected chi connectivity index (χ3v) is 4.87. The first-order chi connectivity index (χ1) is 13.9. The number of benzene rings is 1. The summed E-state index contributed by atoms with van der Waals surface area (Å²) in [5, 5.41) is 2.73. The van der Waals surface area contributed by atoms with E-state index in [9.17, 15) is 14.4 Å². The lowest BCUT2D eigenvalue weighted by atomic mass is 10.1. The number of hydrogen-bond acceptors (Lipinski definition) is 5. The predicted molar refractivity (Wildman–Crippen MR) is 109 cm³/mol. The van der Waals surface area contributed by atoms with Crippen LogP contribution in [-0.4, -0.2) is 79.2 Å². The lowest BCUT2D eigenvalue weighted by Gasteiger charge is -2.23. The molecule has 1 aliphatic rings. The first-order valence-electron chi connectivity index (χ1n) is 9.61. The van der Waals surface area contributed by atoms with Crippen molar-refractivity contribution in [2.75, 3.05) is 52.1 Å². The Kier molecular flexibility index (Phi) is 6.66. The smallest absolute Gasteiger partial charge is 0.291 e. The fourth-order valence-electron chi connectivity index (χ4n) is 3.14. The van der Waals surface area contributed by atoms with E-state index in [2.05, 4.69) is 10.2 Å². The van der Waals surface area contributed by atoms with Gasteiger partial charge >= 0.3 is 0 Å². The van der Waals surface area contributed by atoms with E-state index in [-0.39, 0.29) is 23.5 Å². The molecule has 0 radical (unpaired) electrons. The van der Waals surface area contributed by atoms with Gasteiger partial charge in [-0.05, 0) is 42.8 Å². The number of nitrogens with zero attached hydrogens (tertiary/aromatic N) is 3. The molecule has 1 saturated heterocycles. The summed E-state index contributed by atoms with van der Waals surface area (Å²) in [5.41, 5.74) is 1.16. The van der Waals surface area contributed by atoms with Gasteiger partial charge in [0.05, 0.1) is 12.8 Å². The molecule has 0 bridgehead atoms. The van der Waals surface area contributed by atoms with Crippen molar-refractivity contribution in [1.29, 1.82) is 0 Å². The van der Waals surface area contributed by atoms with E-state index in [0.29, 0.717) is 37.4 Å². The molecule has 0 spiro atoms. The molecule has 8 heteroatoms. The third kappa shape index (κ3) is 5.45. The van der Waals surface area contributed by atoms with Crippen molar-refractivity contribution in [3.05, 3.63) is 54.0 Å². The maximum absolute atomic E-state index is 12.8. The van der Waals surface area contributed by atoms with E-state index in [1.54, 1.807) is 55.4 Å². The van der Waals surface area contributed by atoms with Crippen molar-refractivity contribution in [1.82, 2.24) is 14.7 Å². The highest BCUT2D eigenvalue weighted by Gasteiger charge is 2.22. The van der Waals surface area contributed by atoms with Crippen LogP contribution in [0.1, 0.15) is 27.3 Å². The number of carbonyl (C=O) groups is 3. The van der Waals surface area contributed by atoms with E-state index < -0.39 is 0 Å². The Hall–Kier alpha value is -3.13. The van der Waals surface area contributed by atoms with Crippen molar-refractivity contribution >= 4 is 23.4 Å². The zero-order valence-electron chi connectivity index (χ0n) is 16.8. The molecule has 29 heavy (non-hydrogen) atoms. The molecule has 0 unspecified atom stereocenters. The van der Waals surface area contributed by atoms with Gasteiger partial charge in [-0.25, -0.2) is 0 Å². The number of likely N-dealkylation sites (N-methyl/N-ethyl adjacent to an activating group) is 1. The van der Waals surface area contributed by atoms with Crippen molar-refractivity contribution in [3.8, 4) is 0 Å². The number of hydrogen-bond donors (Lipinski definition) is 1. The van der Waals surface area contributed by atoms with Crippen LogP contribution in [0.15, 0.2) is 47.1 Å². The first-order valence-corrected chi connectivity index (χ1v) is 9.61. The molecule has 0 saturated carbocycles. The minimum atomic E-state index is -0.339. The van der Waals surface area contributed by atoms with Gasteiger partial charge in [-0.15, -0.1) is 0 Å². The molecule has 2 aromatic rings. The SMILES string of the molecule is CN(C)C(=O)CN1CCCN(C(=O)c2ccc(NC(=O)c3ccco3)cc2)CC1. The molecule has 1 N–H and O–H groups in total. The second kappa shape index (κ2) is 9.38. The van der Waals surface area contributed by atoms with Gasteiger partial charge < -0.3 is 19.5 Å². The lowest BCUT2D eigenvalue weighted by Crippen LogP contribution is -2.39. The summed E-state index contributed by atoms with van der Waals surface area (Å²) in [5.74, 6) is -0.0902. The Bertz CT molecular complexity index is 846. The third-order valence-electron chi connectivity index (χ3n) is 4.87. The van der Waals surface area contributed by atoms with Gasteiger partial charge in [0.2, 0.25) is 5.91 Å². The van der Waals surface area contributed by atoms with Crippen LogP contribution in [0.5, 0.6) is 0 Å². The van der Waals surface area contributed by atoms with Crippen molar-refractivity contribution < 1.29 is 18.8 Å². The maximum atomic E-state index is 12.8. The quantitative estimate of drug-likeness (QED) is 0.830. The number of nitrogens with one attached hydrogen (secondary N) is 1. The van der Waals surface area contributed by atoms with E-state index in [1.165, 1.54) is 6.26 Å². The molecule has 3 amide bonds. The lowest BCUT2D eigenvalue weighted by molar-refractivity contribution is -0.129. The summed E-state index contributed by atoms with van der Waals surface area (Å²) in [6.07, 6.45) is 2.26. The number of rotatable bonds is 5. The fourth-order valence-corrected chi connectivity index (χ4v) is 3.14. The standard InChI is InChI=1S/C21H26N4O4/c1-23(2)19(26)15-24-10-4-11-25(13-12-24)21(28)16-6-8-17(9-7-16)22-20(27)18-5-3-14-29-18/h3,5-9,14H,4,10-13,15H2,1-2H3,(H,22,27). The molecule has 1 fully saturated rings. The first kappa shape index (κ1) is 20.6. The summed E-state index contributed by atoms with van der Waals surface area (Å²) < 4.78 is 5.07. The van der Waals surface area contributed by atoms with Crippen LogP contribution in [-0.2, 0) is 4.79 Å². The topological polar surface area (TPSA) is 86.1 Å². The Morgan fingerprint density at radius 1 is 1.03 bits per heavy atom. The summed E-state index contributed by atoms with van der Waals surface area (Å²) in [6.45, 7) is 3.07. The van der Waals surface area contributed by atoms with Crippen LogP contribution in [0.4, 0.5) is 5.69 Å². The molecule has 3 rings (SSSR count). The molecule has 8 nitrogen and oxygen atoms in total. The predicted octanol–water partition coefficient (Wildman–Crippen LogP) is 1.77. The Morgan fingerprint density at radius 3 is 2.45 bits per heavy atom. The van der Waals surface area contributed by atoms with Gasteiger partial charge in [-0.1, -0.05) is 0 Å². The van der Waals surface area contributed by atoms with E-state index >= 15 is 0 Å². The van der Waals surface area contributed by atoms with Crippen LogP contribution >= 0.6 is 0 Å². The number of anilines is 1. The summed E-state index contributed by atoms with van der Waals surface area (Å²) in [7, 11) is 3.49. The van der Waals surface area contributed by atoms with E-state index in [0.717, 1.165) is 13.0 Å². The van der Waals surface area contributed by atoms with E-state index in [1.807, 2.05) is 4.90 Å². The van der Waals surface area contributed by atoms with Crippen molar-refractivity contribution in [3.63, 3.8) is 0 Å². The normalized spacial score (nSPS) is 14.9. The van der Waals surface area contributed by atoms with Crippen LogP contribution in [0.2, 0.25) is 0 Å². The average molecular weight is 398 g/mol. The van der Waals surface area contributed by atoms with Crippen LogP contribution in [0, 0.1) is 0 Å². The zero-order chi connectivity index (χ0) is 20.8. The molecular weight excluding hydrogens is 372 g/mol. The monoisotopic (exact) mass is 398 g/mol. The fraction of sp³-hybridized carbons (Fsp3) is 0.381. The van der Waals surface area contributed by atoms with Gasteiger partial charge in [0.1, 0.15) is 0 Å². The van der Waals surface area contributed by atoms with Gasteiger partial charge in [0.25, 0.3) is 11.8 Å². The number of amides is 3. The minimum Gasteiger partial charge on any atom is -0.459 e. The highest BCUT2D eigenvalue weighted by atomic mass is 16.3. The summed E-state index contributed by atoms with van der Waals surface area (Å²) in [6, 6.07) is 10.1. The van der Waals surface area contributed by atoms with Gasteiger partial charge in [0, 0.05) is 51.5 Å². The van der Waals surface area contributed by atoms with Gasteiger partial charge in [0.15, 0.2) is 5.76 Å². The molecular formula is C21H26N4O4. The number of furan rings is 1. The molecule has 1 aromatic heterocycles. The Balaban J connectivity index is 1.56. The summed E-state index contributed by atoms with van der Waals surface area (Å²) in [4.78, 5) is 42.3. The highest BCUT2D eigenvalue weighted by molar-refractivity contribution is 6.02. The summed E-state index contributed by atoms with van der Waals surface area (Å²) >= 11 is 0. The van der Waals surface area contributed by atoms with Gasteiger partial charge in [-0.2, -0.15) is 0 Å². The molecule has 1 aromatic carbocycles. The van der Waals surface area contributed by atoms with E-state index in [4.69, 9.17) is 4.42 Å². The second-order valence-electron chi connectivity index (χ2n) is 7.22. The average Bonchev–Trinajstić information content (AvgIpc) is 3.15. The Morgan fingerprint density at radius 2 is 1.79 bits per heavy atom. The van der Waals surface area contributed by atoms with Gasteiger partial charge in [-0.3, -0.25) is 19.3 Å². The Labute approximate surface area is 170 Å². The largest absolute Gasteiger partial charge is 0.459 e. The van der Waals surface area contributed by atoms with Crippen molar-refractivity contribution in [2.45, 2.75) is 6.42 Å². The van der Waals surface area contributed by atoms with Crippen LogP contribution in [0.3, 0.4) is 0 Å². The molecule has 154 valence electrons. The molecule has 0 aliphatic carbocycles. The van der Waals surface area contributed by atoms with Crippen molar-refractivity contribution in [2.24, 2.45) is 0 Å². The minimum absolute atomic E-state index is 0.0466.